The smallest absolute Gasteiger partial charge is 0.461 e. The number of benzene rings is 2. The maximum Gasteiger partial charge on any atom is 0.586 e. The van der Waals surface area contributed by atoms with Crippen molar-refractivity contribution in [3.05, 3.63) is 101 Å². The van der Waals surface area contributed by atoms with Crippen molar-refractivity contribution in [3.63, 3.8) is 0 Å². The van der Waals surface area contributed by atoms with E-state index in [-0.39, 0.29) is 17.4 Å². The number of fused-ring (bicyclic) bond motifs is 1. The lowest BCUT2D eigenvalue weighted by Gasteiger charge is -2.09. The molecule has 7 heteroatoms. The quantitative estimate of drug-likeness (QED) is 0.409. The molecule has 0 saturated heterocycles. The number of furan rings is 1. The summed E-state index contributed by atoms with van der Waals surface area (Å²) in [6.07, 6.45) is 1.52. The Morgan fingerprint density at radius 2 is 1.68 bits per heavy atom. The number of carbonyl (C=O) groups excluding carboxylic acids is 1. The highest BCUT2D eigenvalue weighted by molar-refractivity contribution is 5.97. The standard InChI is InChI=1S/C27H23F2NO4/c1-5-19(21-14-25-24(13-16(21)2)33-27(28,29)34-25)12-11-17(3)30-26(31)22-15-23(32-18(22)4)20-9-7-6-8-10-20/h5-15H,3H2,1-2,4H3,(H,30,31)/b12-11-,19-5+. The number of aryl methyl sites for hydroxylation is 2. The van der Waals surface area contributed by atoms with Crippen LogP contribution in [-0.2, 0) is 0 Å². The second kappa shape index (κ2) is 9.02. The van der Waals surface area contributed by atoms with Crippen LogP contribution >= 0.6 is 0 Å². The van der Waals surface area contributed by atoms with E-state index < -0.39 is 6.29 Å². The van der Waals surface area contributed by atoms with Gasteiger partial charge in [0.15, 0.2) is 11.5 Å². The molecule has 0 unspecified atom stereocenters. The van der Waals surface area contributed by atoms with E-state index in [9.17, 15) is 13.6 Å². The lowest BCUT2D eigenvalue weighted by atomic mass is 9.99. The van der Waals surface area contributed by atoms with Crippen LogP contribution in [-0.4, -0.2) is 12.2 Å². The Labute approximate surface area is 196 Å². The number of rotatable bonds is 6. The molecule has 1 amide bonds. The Kier molecular flexibility index (Phi) is 6.11. The summed E-state index contributed by atoms with van der Waals surface area (Å²) in [5.74, 6) is 0.712. The topological polar surface area (TPSA) is 60.7 Å². The van der Waals surface area contributed by atoms with Gasteiger partial charge in [0, 0.05) is 11.3 Å². The third kappa shape index (κ3) is 4.78. The van der Waals surface area contributed by atoms with Gasteiger partial charge in [0.05, 0.1) is 5.56 Å². The largest absolute Gasteiger partial charge is 0.586 e. The number of amides is 1. The number of allylic oxidation sites excluding steroid dienone is 4. The minimum absolute atomic E-state index is 0.00675. The van der Waals surface area contributed by atoms with Crippen molar-refractivity contribution in [3.8, 4) is 22.8 Å². The molecule has 1 aliphatic rings. The molecular formula is C27H23F2NO4. The van der Waals surface area contributed by atoms with E-state index in [4.69, 9.17) is 4.42 Å². The summed E-state index contributed by atoms with van der Waals surface area (Å²) in [6.45, 7) is 9.23. The first-order chi connectivity index (χ1) is 16.2. The summed E-state index contributed by atoms with van der Waals surface area (Å²) in [5, 5.41) is 2.75. The molecule has 4 rings (SSSR count). The number of alkyl halides is 2. The molecule has 0 saturated carbocycles. The molecule has 1 N–H and O–H groups in total. The molecule has 0 radical (unpaired) electrons. The summed E-state index contributed by atoms with van der Waals surface area (Å²) in [6, 6.07) is 14.2. The van der Waals surface area contributed by atoms with Crippen molar-refractivity contribution in [2.24, 2.45) is 0 Å². The van der Waals surface area contributed by atoms with Gasteiger partial charge in [-0.25, -0.2) is 0 Å². The van der Waals surface area contributed by atoms with E-state index in [1.54, 1.807) is 32.1 Å². The van der Waals surface area contributed by atoms with Gasteiger partial charge in [-0.05, 0) is 61.7 Å². The fourth-order valence-electron chi connectivity index (χ4n) is 3.65. The number of nitrogens with one attached hydrogen (secondary N) is 1. The van der Waals surface area contributed by atoms with Crippen LogP contribution in [0.15, 0.2) is 83.5 Å². The Bertz CT molecular complexity index is 1320. The zero-order valence-electron chi connectivity index (χ0n) is 18.9. The lowest BCUT2D eigenvalue weighted by molar-refractivity contribution is -0.286. The second-order valence-electron chi connectivity index (χ2n) is 7.78. The average molecular weight is 463 g/mol. The van der Waals surface area contributed by atoms with Gasteiger partial charge in [0.1, 0.15) is 11.5 Å². The normalized spacial score (nSPS) is 14.4. The molecule has 2 heterocycles. The van der Waals surface area contributed by atoms with Crippen molar-refractivity contribution in [1.82, 2.24) is 5.32 Å². The van der Waals surface area contributed by atoms with Gasteiger partial charge in [0.2, 0.25) is 0 Å². The van der Waals surface area contributed by atoms with E-state index in [0.29, 0.717) is 28.3 Å². The van der Waals surface area contributed by atoms with E-state index in [1.807, 2.05) is 43.3 Å². The van der Waals surface area contributed by atoms with Gasteiger partial charge in [-0.15, -0.1) is 8.78 Å². The van der Waals surface area contributed by atoms with Gasteiger partial charge >= 0.3 is 6.29 Å². The van der Waals surface area contributed by atoms with Crippen LogP contribution in [0, 0.1) is 13.8 Å². The van der Waals surface area contributed by atoms with Crippen LogP contribution in [0.3, 0.4) is 0 Å². The first kappa shape index (κ1) is 23.0. The molecule has 0 aliphatic carbocycles. The van der Waals surface area contributed by atoms with Crippen molar-refractivity contribution in [1.29, 1.82) is 0 Å². The Morgan fingerprint density at radius 3 is 2.35 bits per heavy atom. The molecule has 1 aromatic heterocycles. The van der Waals surface area contributed by atoms with E-state index in [1.165, 1.54) is 12.1 Å². The molecule has 174 valence electrons. The molecule has 34 heavy (non-hydrogen) atoms. The number of hydrogen-bond acceptors (Lipinski definition) is 4. The van der Waals surface area contributed by atoms with E-state index in [0.717, 1.165) is 16.7 Å². The summed E-state index contributed by atoms with van der Waals surface area (Å²) in [4.78, 5) is 12.8. The highest BCUT2D eigenvalue weighted by Gasteiger charge is 2.43. The Hall–Kier alpha value is -4.13. The van der Waals surface area contributed by atoms with Gasteiger partial charge in [-0.1, -0.05) is 49.1 Å². The molecule has 0 bridgehead atoms. The Morgan fingerprint density at radius 1 is 1.00 bits per heavy atom. The molecule has 3 aromatic rings. The predicted octanol–water partition coefficient (Wildman–Crippen LogP) is 6.79. The van der Waals surface area contributed by atoms with Crippen LogP contribution in [0.1, 0.15) is 34.2 Å². The van der Waals surface area contributed by atoms with Crippen molar-refractivity contribution < 1.29 is 27.5 Å². The lowest BCUT2D eigenvalue weighted by Crippen LogP contribution is -2.25. The van der Waals surface area contributed by atoms with Crippen LogP contribution in [0.2, 0.25) is 0 Å². The highest BCUT2D eigenvalue weighted by atomic mass is 19.3. The molecular weight excluding hydrogens is 440 g/mol. The van der Waals surface area contributed by atoms with Crippen LogP contribution in [0.4, 0.5) is 8.78 Å². The minimum atomic E-state index is -3.68. The zero-order chi connectivity index (χ0) is 24.5. The molecule has 1 aliphatic heterocycles. The first-order valence-electron chi connectivity index (χ1n) is 10.6. The third-order valence-corrected chi connectivity index (χ3v) is 5.33. The fraction of sp³-hybridized carbons (Fsp3) is 0.148. The molecule has 2 aromatic carbocycles. The van der Waals surface area contributed by atoms with Crippen molar-refractivity contribution >= 4 is 11.5 Å². The second-order valence-corrected chi connectivity index (χ2v) is 7.78. The highest BCUT2D eigenvalue weighted by Crippen LogP contribution is 2.43. The number of hydrogen-bond donors (Lipinski definition) is 1. The van der Waals surface area contributed by atoms with E-state index >= 15 is 0 Å². The molecule has 0 atom stereocenters. The van der Waals surface area contributed by atoms with Gasteiger partial charge in [-0.3, -0.25) is 4.79 Å². The van der Waals surface area contributed by atoms with Gasteiger partial charge in [0.25, 0.3) is 5.91 Å². The van der Waals surface area contributed by atoms with Crippen LogP contribution < -0.4 is 14.8 Å². The summed E-state index contributed by atoms with van der Waals surface area (Å²) in [7, 11) is 0. The fourth-order valence-corrected chi connectivity index (χ4v) is 3.65. The first-order valence-corrected chi connectivity index (χ1v) is 10.6. The minimum Gasteiger partial charge on any atom is -0.461 e. The summed E-state index contributed by atoms with van der Waals surface area (Å²) >= 11 is 0. The van der Waals surface area contributed by atoms with Gasteiger partial charge < -0.3 is 19.2 Å². The number of halogens is 2. The van der Waals surface area contributed by atoms with E-state index in [2.05, 4.69) is 21.4 Å². The van der Waals surface area contributed by atoms with Crippen LogP contribution in [0.25, 0.3) is 16.9 Å². The molecule has 5 nitrogen and oxygen atoms in total. The Balaban J connectivity index is 1.47. The zero-order valence-corrected chi connectivity index (χ0v) is 18.9. The van der Waals surface area contributed by atoms with Crippen molar-refractivity contribution in [2.75, 3.05) is 0 Å². The maximum absolute atomic E-state index is 13.4. The third-order valence-electron chi connectivity index (χ3n) is 5.33. The molecule has 0 fully saturated rings. The van der Waals surface area contributed by atoms with Gasteiger partial charge in [-0.2, -0.15) is 0 Å². The summed E-state index contributed by atoms with van der Waals surface area (Å²) in [5.41, 5.74) is 3.80. The maximum atomic E-state index is 13.4. The molecule has 0 spiro atoms. The van der Waals surface area contributed by atoms with Crippen LogP contribution in [0.5, 0.6) is 11.5 Å². The average Bonchev–Trinajstić information content (AvgIpc) is 3.32. The van der Waals surface area contributed by atoms with Crippen molar-refractivity contribution in [2.45, 2.75) is 27.1 Å². The SMILES string of the molecule is C=C(/C=C\C(=C/C)c1cc2c(cc1C)OC(F)(F)O2)NC(=O)c1cc(-c2ccccc2)oc1C. The monoisotopic (exact) mass is 463 g/mol. The summed E-state index contributed by atoms with van der Waals surface area (Å²) < 4.78 is 41.6. The number of ether oxygens (including phenoxy) is 2. The predicted molar refractivity (Wildman–Crippen MR) is 126 cm³/mol. The number of carbonyl (C=O) groups is 1.